The maximum absolute atomic E-state index is 12.4. The normalized spacial score (nSPS) is 13.7. The Morgan fingerprint density at radius 1 is 0.889 bits per heavy atom. The molecule has 6 nitrogen and oxygen atoms in total. The summed E-state index contributed by atoms with van der Waals surface area (Å²) in [6.45, 7) is 2.03. The Balaban J connectivity index is 1.53. The third-order valence-corrected chi connectivity index (χ3v) is 7.14. The molecule has 188 valence electrons. The number of esters is 1. The van der Waals surface area contributed by atoms with Gasteiger partial charge in [-0.3, -0.25) is 4.79 Å². The smallest absolute Gasteiger partial charge is 0.339 e. The lowest BCUT2D eigenvalue weighted by molar-refractivity contribution is 0.0602. The molecule has 1 fully saturated rings. The third kappa shape index (κ3) is 5.54. The van der Waals surface area contributed by atoms with Gasteiger partial charge in [0.2, 0.25) is 0 Å². The molecule has 0 spiro atoms. The average Bonchev–Trinajstić information content (AvgIpc) is 2.93. The summed E-state index contributed by atoms with van der Waals surface area (Å²) in [5, 5.41) is 5.92. The number of benzene rings is 3. The highest BCUT2D eigenvalue weighted by atomic mass is 16.5. The molecule has 4 rings (SSSR count). The van der Waals surface area contributed by atoms with E-state index in [1.54, 1.807) is 25.2 Å². The number of aryl methyl sites for hydroxylation is 1. The van der Waals surface area contributed by atoms with Crippen LogP contribution in [0.5, 0.6) is 0 Å². The van der Waals surface area contributed by atoms with E-state index in [-0.39, 0.29) is 5.91 Å². The number of carbonyl (C=O) groups is 2. The summed E-state index contributed by atoms with van der Waals surface area (Å²) < 4.78 is 4.94. The SMILES string of the molecule is CNC(=O)c1ccc(Nc2ccc(N(C)c3ccc(C4CCCCC4)cc3)cc2C)c(C(=O)OC)c1. The van der Waals surface area contributed by atoms with Crippen LogP contribution in [-0.2, 0) is 4.74 Å². The fourth-order valence-electron chi connectivity index (χ4n) is 4.91. The maximum Gasteiger partial charge on any atom is 0.339 e. The standard InChI is InChI=1S/C30H35N3O3/c1-20-18-25(33(3)24-13-10-22(11-14-24)21-8-6-5-7-9-21)15-17-27(20)32-28-16-12-23(29(34)31-2)19-26(28)30(35)36-4/h10-19,21,32H,5-9H2,1-4H3,(H,31,34). The van der Waals surface area contributed by atoms with Crippen LogP contribution in [0.1, 0.15) is 69.9 Å². The average molecular weight is 486 g/mol. The zero-order valence-electron chi connectivity index (χ0n) is 21.6. The highest BCUT2D eigenvalue weighted by Crippen LogP contribution is 2.35. The number of ether oxygens (including phenoxy) is 1. The van der Waals surface area contributed by atoms with Crippen molar-refractivity contribution in [3.8, 4) is 0 Å². The molecule has 2 N–H and O–H groups in total. The predicted molar refractivity (Wildman–Crippen MR) is 146 cm³/mol. The van der Waals surface area contributed by atoms with E-state index in [9.17, 15) is 9.59 Å². The van der Waals surface area contributed by atoms with Crippen LogP contribution in [0.25, 0.3) is 0 Å². The molecule has 0 aliphatic heterocycles. The van der Waals surface area contributed by atoms with Gasteiger partial charge in [-0.15, -0.1) is 0 Å². The summed E-state index contributed by atoms with van der Waals surface area (Å²) in [5.74, 6) is -0.0676. The summed E-state index contributed by atoms with van der Waals surface area (Å²) in [5.41, 5.74) is 6.86. The summed E-state index contributed by atoms with van der Waals surface area (Å²) >= 11 is 0. The largest absolute Gasteiger partial charge is 0.465 e. The molecule has 0 atom stereocenters. The number of amides is 1. The van der Waals surface area contributed by atoms with Crippen LogP contribution in [0, 0.1) is 6.92 Å². The second-order valence-electron chi connectivity index (χ2n) is 9.44. The summed E-state index contributed by atoms with van der Waals surface area (Å²) in [6, 6.07) is 20.1. The van der Waals surface area contributed by atoms with E-state index in [0.717, 1.165) is 22.6 Å². The molecule has 0 heterocycles. The van der Waals surface area contributed by atoms with E-state index in [2.05, 4.69) is 59.0 Å². The van der Waals surface area contributed by atoms with Crippen LogP contribution in [0.2, 0.25) is 0 Å². The van der Waals surface area contributed by atoms with E-state index in [1.165, 1.54) is 44.8 Å². The molecule has 0 unspecified atom stereocenters. The lowest BCUT2D eigenvalue weighted by Crippen LogP contribution is -2.18. The molecule has 1 aliphatic carbocycles. The van der Waals surface area contributed by atoms with Gasteiger partial charge in [-0.25, -0.2) is 4.79 Å². The first-order valence-electron chi connectivity index (χ1n) is 12.6. The van der Waals surface area contributed by atoms with Crippen molar-refractivity contribution in [3.63, 3.8) is 0 Å². The molecule has 0 saturated heterocycles. The molecule has 0 aromatic heterocycles. The van der Waals surface area contributed by atoms with Gasteiger partial charge in [-0.05, 0) is 85.3 Å². The van der Waals surface area contributed by atoms with Crippen LogP contribution in [0.15, 0.2) is 60.7 Å². The fourth-order valence-corrected chi connectivity index (χ4v) is 4.91. The van der Waals surface area contributed by atoms with Crippen LogP contribution in [-0.4, -0.2) is 33.1 Å². The molecule has 6 heteroatoms. The second-order valence-corrected chi connectivity index (χ2v) is 9.44. The van der Waals surface area contributed by atoms with Crippen molar-refractivity contribution in [1.82, 2.24) is 5.32 Å². The first kappa shape index (κ1) is 25.3. The number of anilines is 4. The van der Waals surface area contributed by atoms with Gasteiger partial charge in [0.1, 0.15) is 0 Å². The highest BCUT2D eigenvalue weighted by molar-refractivity contribution is 6.01. The third-order valence-electron chi connectivity index (χ3n) is 7.14. The van der Waals surface area contributed by atoms with Crippen molar-refractivity contribution in [1.29, 1.82) is 0 Å². The van der Waals surface area contributed by atoms with Gasteiger partial charge in [0, 0.05) is 36.7 Å². The van der Waals surface area contributed by atoms with Gasteiger partial charge in [-0.2, -0.15) is 0 Å². The minimum absolute atomic E-state index is 0.262. The van der Waals surface area contributed by atoms with Gasteiger partial charge in [0.15, 0.2) is 0 Å². The van der Waals surface area contributed by atoms with E-state index in [1.807, 2.05) is 13.0 Å². The number of hydrogen-bond donors (Lipinski definition) is 2. The number of carbonyl (C=O) groups excluding carboxylic acids is 2. The molecule has 0 bridgehead atoms. The van der Waals surface area contributed by atoms with Crippen molar-refractivity contribution in [2.24, 2.45) is 0 Å². The lowest BCUT2D eigenvalue weighted by atomic mass is 9.84. The van der Waals surface area contributed by atoms with Crippen molar-refractivity contribution in [3.05, 3.63) is 82.9 Å². The Bertz CT molecular complexity index is 1230. The van der Waals surface area contributed by atoms with E-state index < -0.39 is 5.97 Å². The molecule has 1 saturated carbocycles. The number of nitrogens with zero attached hydrogens (tertiary/aromatic N) is 1. The minimum Gasteiger partial charge on any atom is -0.465 e. The van der Waals surface area contributed by atoms with Crippen LogP contribution in [0.3, 0.4) is 0 Å². The van der Waals surface area contributed by atoms with Gasteiger partial charge in [-0.1, -0.05) is 31.4 Å². The zero-order valence-corrected chi connectivity index (χ0v) is 21.6. The van der Waals surface area contributed by atoms with Gasteiger partial charge in [0.05, 0.1) is 18.4 Å². The predicted octanol–water partition coefficient (Wildman–Crippen LogP) is 6.70. The first-order valence-corrected chi connectivity index (χ1v) is 12.6. The molecule has 36 heavy (non-hydrogen) atoms. The molecule has 3 aromatic rings. The van der Waals surface area contributed by atoms with Crippen molar-refractivity contribution in [2.45, 2.75) is 44.9 Å². The number of nitrogens with one attached hydrogen (secondary N) is 2. The van der Waals surface area contributed by atoms with Crippen LogP contribution >= 0.6 is 0 Å². The van der Waals surface area contributed by atoms with Gasteiger partial charge >= 0.3 is 5.97 Å². The van der Waals surface area contributed by atoms with E-state index in [0.29, 0.717) is 22.7 Å². The lowest BCUT2D eigenvalue weighted by Gasteiger charge is -2.24. The molecular weight excluding hydrogens is 450 g/mol. The van der Waals surface area contributed by atoms with Crippen LogP contribution < -0.4 is 15.5 Å². The minimum atomic E-state index is -0.506. The Kier molecular flexibility index (Phi) is 7.93. The Morgan fingerprint density at radius 3 is 2.19 bits per heavy atom. The Morgan fingerprint density at radius 2 is 1.56 bits per heavy atom. The highest BCUT2D eigenvalue weighted by Gasteiger charge is 2.18. The molecular formula is C30H35N3O3. The topological polar surface area (TPSA) is 70.7 Å². The van der Waals surface area contributed by atoms with Gasteiger partial charge in [0.25, 0.3) is 5.91 Å². The monoisotopic (exact) mass is 485 g/mol. The summed E-state index contributed by atoms with van der Waals surface area (Å²) in [6.07, 6.45) is 6.65. The second kappa shape index (κ2) is 11.3. The maximum atomic E-state index is 12.4. The zero-order chi connectivity index (χ0) is 25.7. The van der Waals surface area contributed by atoms with Crippen molar-refractivity contribution < 1.29 is 14.3 Å². The molecule has 0 radical (unpaired) electrons. The van der Waals surface area contributed by atoms with E-state index in [4.69, 9.17) is 4.74 Å². The fraction of sp³-hybridized carbons (Fsp3) is 0.333. The number of rotatable bonds is 7. The van der Waals surface area contributed by atoms with Crippen molar-refractivity contribution in [2.75, 3.05) is 31.4 Å². The van der Waals surface area contributed by atoms with E-state index >= 15 is 0 Å². The Labute approximate surface area is 213 Å². The molecule has 1 amide bonds. The number of hydrogen-bond acceptors (Lipinski definition) is 5. The molecule has 3 aromatic carbocycles. The van der Waals surface area contributed by atoms with Crippen molar-refractivity contribution >= 4 is 34.6 Å². The Hall–Kier alpha value is -3.80. The van der Waals surface area contributed by atoms with Crippen LogP contribution in [0.4, 0.5) is 22.7 Å². The van der Waals surface area contributed by atoms with Gasteiger partial charge < -0.3 is 20.3 Å². The first-order chi connectivity index (χ1) is 17.4. The quantitative estimate of drug-likeness (QED) is 0.364. The number of methoxy groups -OCH3 is 1. The molecule has 1 aliphatic rings. The summed E-state index contributed by atoms with van der Waals surface area (Å²) in [7, 11) is 4.96. The summed E-state index contributed by atoms with van der Waals surface area (Å²) in [4.78, 5) is 26.6.